The molecule has 0 saturated heterocycles. The Morgan fingerprint density at radius 1 is 1.24 bits per heavy atom. The number of nitrogens with one attached hydrogen (secondary N) is 1. The summed E-state index contributed by atoms with van der Waals surface area (Å²) in [7, 11) is 4.68. The molecule has 1 N–H and O–H groups in total. The molecule has 0 aliphatic rings. The zero-order chi connectivity index (χ0) is 13.6. The van der Waals surface area contributed by atoms with Crippen molar-refractivity contribution in [2.75, 3.05) is 21.2 Å². The molecule has 0 aromatic heterocycles. The van der Waals surface area contributed by atoms with E-state index in [0.717, 1.165) is 0 Å². The van der Waals surface area contributed by atoms with Gasteiger partial charge in [0.1, 0.15) is 11.3 Å². The van der Waals surface area contributed by atoms with Crippen LogP contribution >= 0.6 is 0 Å². The molecule has 0 bridgehead atoms. The molecule has 0 spiro atoms. The second-order valence-corrected chi connectivity index (χ2v) is 4.62. The quantitative estimate of drug-likeness (QED) is 0.594. The van der Waals surface area contributed by atoms with E-state index >= 15 is 0 Å². The van der Waals surface area contributed by atoms with Gasteiger partial charge in [-0.3, -0.25) is 5.32 Å². The van der Waals surface area contributed by atoms with Crippen LogP contribution < -0.4 is 5.32 Å². The molecule has 0 heterocycles. The molecule has 0 radical (unpaired) electrons. The van der Waals surface area contributed by atoms with E-state index in [1.807, 2.05) is 0 Å². The van der Waals surface area contributed by atoms with Crippen molar-refractivity contribution in [2.24, 2.45) is 0 Å². The summed E-state index contributed by atoms with van der Waals surface area (Å²) in [5.74, 6) is -0.635. The van der Waals surface area contributed by atoms with Crippen LogP contribution in [0.4, 0.5) is 4.79 Å². The number of carbonyl (C=O) groups is 2. The van der Waals surface area contributed by atoms with Crippen LogP contribution in [0.1, 0.15) is 20.8 Å². The van der Waals surface area contributed by atoms with Crippen molar-refractivity contribution in [2.45, 2.75) is 26.4 Å². The normalized spacial score (nSPS) is 11.8. The number of amides is 1. The molecule has 0 aliphatic heterocycles. The molecule has 1 amide bonds. The maximum Gasteiger partial charge on any atom is 0.412 e. The van der Waals surface area contributed by atoms with Gasteiger partial charge in [0.25, 0.3) is 0 Å². The highest BCUT2D eigenvalue weighted by Crippen LogP contribution is 2.07. The van der Waals surface area contributed by atoms with Gasteiger partial charge in [-0.1, -0.05) is 0 Å². The van der Waals surface area contributed by atoms with Crippen molar-refractivity contribution in [3.63, 3.8) is 0 Å². The Morgan fingerprint density at radius 3 is 2.12 bits per heavy atom. The third kappa shape index (κ3) is 7.21. The highest BCUT2D eigenvalue weighted by atomic mass is 16.6. The van der Waals surface area contributed by atoms with Gasteiger partial charge in [-0.25, -0.2) is 9.59 Å². The average molecular weight is 244 g/mol. The van der Waals surface area contributed by atoms with Crippen LogP contribution in [0.15, 0.2) is 11.9 Å². The summed E-state index contributed by atoms with van der Waals surface area (Å²) in [6.07, 6.45) is 0.742. The first-order chi connectivity index (χ1) is 7.65. The highest BCUT2D eigenvalue weighted by Gasteiger charge is 2.20. The maximum absolute atomic E-state index is 11.5. The zero-order valence-electron chi connectivity index (χ0n) is 11.2. The second kappa shape index (κ2) is 6.12. The van der Waals surface area contributed by atoms with Crippen LogP contribution in [0.3, 0.4) is 0 Å². The molecule has 98 valence electrons. The molecular formula is C11H20N2O4. The minimum absolute atomic E-state index is 0.0201. The Balaban J connectivity index is 4.67. The van der Waals surface area contributed by atoms with Crippen LogP contribution in [-0.4, -0.2) is 43.8 Å². The summed E-state index contributed by atoms with van der Waals surface area (Å²) in [6.45, 7) is 5.21. The Morgan fingerprint density at radius 2 is 1.76 bits per heavy atom. The van der Waals surface area contributed by atoms with Crippen LogP contribution in [-0.2, 0) is 14.3 Å². The number of alkyl carbamates (subject to hydrolysis) is 1. The Hall–Kier alpha value is -1.72. The van der Waals surface area contributed by atoms with E-state index in [1.165, 1.54) is 13.3 Å². The average Bonchev–Trinajstić information content (AvgIpc) is 2.11. The molecule has 0 unspecified atom stereocenters. The largest absolute Gasteiger partial charge is 0.464 e. The molecule has 0 aliphatic carbocycles. The molecule has 0 fully saturated rings. The van der Waals surface area contributed by atoms with Crippen molar-refractivity contribution in [3.05, 3.63) is 11.9 Å². The summed E-state index contributed by atoms with van der Waals surface area (Å²) in [4.78, 5) is 24.4. The lowest BCUT2D eigenvalue weighted by Gasteiger charge is -2.20. The standard InChI is InChI=1S/C11H20N2O4/c1-11(2,3)17-10(15)12-8(7-13(4)5)9(14)16-6/h7H,1-6H3,(H,12,15)/b8-7-. The number of methoxy groups -OCH3 is 1. The molecule has 17 heavy (non-hydrogen) atoms. The molecule has 0 aromatic rings. The summed E-state index contributed by atoms with van der Waals surface area (Å²) < 4.78 is 9.57. The number of carbonyl (C=O) groups excluding carboxylic acids is 2. The van der Waals surface area contributed by atoms with Crippen LogP contribution in [0, 0.1) is 0 Å². The lowest BCUT2D eigenvalue weighted by molar-refractivity contribution is -0.136. The smallest absolute Gasteiger partial charge is 0.412 e. The van der Waals surface area contributed by atoms with Gasteiger partial charge < -0.3 is 14.4 Å². The van der Waals surface area contributed by atoms with Crippen molar-refractivity contribution in [3.8, 4) is 0 Å². The van der Waals surface area contributed by atoms with Gasteiger partial charge in [-0.2, -0.15) is 0 Å². The van der Waals surface area contributed by atoms with E-state index in [9.17, 15) is 9.59 Å². The molecular weight excluding hydrogens is 224 g/mol. The lowest BCUT2D eigenvalue weighted by Crippen LogP contribution is -2.35. The van der Waals surface area contributed by atoms with Crippen molar-refractivity contribution < 1.29 is 19.1 Å². The number of rotatable bonds is 3. The van der Waals surface area contributed by atoms with Gasteiger partial charge in [-0.15, -0.1) is 0 Å². The van der Waals surface area contributed by atoms with E-state index in [-0.39, 0.29) is 5.70 Å². The van der Waals surface area contributed by atoms with E-state index in [0.29, 0.717) is 0 Å². The molecule has 0 aromatic carbocycles. The second-order valence-electron chi connectivity index (χ2n) is 4.62. The molecule has 0 rings (SSSR count). The topological polar surface area (TPSA) is 67.9 Å². The fraction of sp³-hybridized carbons (Fsp3) is 0.636. The zero-order valence-corrected chi connectivity index (χ0v) is 11.2. The van der Waals surface area contributed by atoms with Gasteiger partial charge in [0.05, 0.1) is 7.11 Å². The van der Waals surface area contributed by atoms with E-state index in [2.05, 4.69) is 10.1 Å². The minimum atomic E-state index is -0.698. The highest BCUT2D eigenvalue weighted by molar-refractivity contribution is 5.92. The van der Waals surface area contributed by atoms with Gasteiger partial charge in [0.2, 0.25) is 0 Å². The van der Waals surface area contributed by atoms with Gasteiger partial charge in [0, 0.05) is 20.3 Å². The molecule has 0 saturated carbocycles. The summed E-state index contributed by atoms with van der Waals surface area (Å²) >= 11 is 0. The van der Waals surface area contributed by atoms with Crippen molar-refractivity contribution in [1.29, 1.82) is 0 Å². The van der Waals surface area contributed by atoms with Crippen molar-refractivity contribution >= 4 is 12.1 Å². The number of ether oxygens (including phenoxy) is 2. The Labute approximate surface area is 102 Å². The van der Waals surface area contributed by atoms with E-state index in [4.69, 9.17) is 4.74 Å². The number of nitrogens with zero attached hydrogens (tertiary/aromatic N) is 1. The Bertz CT molecular complexity index is 316. The third-order valence-electron chi connectivity index (χ3n) is 1.43. The molecule has 0 atom stereocenters. The SMILES string of the molecule is COC(=O)/C(=C/N(C)C)NC(=O)OC(C)(C)C. The minimum Gasteiger partial charge on any atom is -0.464 e. The van der Waals surface area contributed by atoms with Gasteiger partial charge >= 0.3 is 12.1 Å². The first-order valence-electron chi connectivity index (χ1n) is 5.12. The van der Waals surface area contributed by atoms with Crippen molar-refractivity contribution in [1.82, 2.24) is 10.2 Å². The fourth-order valence-electron chi connectivity index (χ4n) is 0.918. The summed E-state index contributed by atoms with van der Waals surface area (Å²) in [5, 5.41) is 2.34. The van der Waals surface area contributed by atoms with Gasteiger partial charge in [0.15, 0.2) is 0 Å². The lowest BCUT2D eigenvalue weighted by atomic mass is 10.2. The van der Waals surface area contributed by atoms with E-state index < -0.39 is 17.7 Å². The molecule has 6 nitrogen and oxygen atoms in total. The van der Waals surface area contributed by atoms with Crippen LogP contribution in [0.5, 0.6) is 0 Å². The molecule has 6 heteroatoms. The number of hydrogen-bond acceptors (Lipinski definition) is 5. The Kier molecular flexibility index (Phi) is 5.50. The monoisotopic (exact) mass is 244 g/mol. The number of esters is 1. The predicted octanol–water partition coefficient (Wildman–Crippen LogP) is 1.09. The number of hydrogen-bond donors (Lipinski definition) is 1. The summed E-state index contributed by atoms with van der Waals surface area (Å²) in [5.41, 5.74) is -0.601. The van der Waals surface area contributed by atoms with Gasteiger partial charge in [-0.05, 0) is 20.8 Å². The first-order valence-corrected chi connectivity index (χ1v) is 5.12. The fourth-order valence-corrected chi connectivity index (χ4v) is 0.918. The van der Waals surface area contributed by atoms with E-state index in [1.54, 1.807) is 39.8 Å². The summed E-state index contributed by atoms with van der Waals surface area (Å²) in [6, 6.07) is 0. The van der Waals surface area contributed by atoms with Crippen LogP contribution in [0.25, 0.3) is 0 Å². The predicted molar refractivity (Wildman–Crippen MR) is 63.2 cm³/mol. The maximum atomic E-state index is 11.5. The van der Waals surface area contributed by atoms with Crippen LogP contribution in [0.2, 0.25) is 0 Å². The first kappa shape index (κ1) is 15.3. The third-order valence-corrected chi connectivity index (χ3v) is 1.43.